The number of hydrogen-bond acceptors (Lipinski definition) is 0. The number of benzene rings is 10. The lowest BCUT2D eigenvalue weighted by Crippen LogP contribution is -2.25. The van der Waals surface area contributed by atoms with Crippen LogP contribution in [0, 0.1) is 0 Å². The van der Waals surface area contributed by atoms with E-state index < -0.39 is 5.41 Å². The highest BCUT2D eigenvalue weighted by molar-refractivity contribution is 6.13. The zero-order chi connectivity index (χ0) is 43.3. The van der Waals surface area contributed by atoms with Crippen molar-refractivity contribution in [2.75, 3.05) is 0 Å². The van der Waals surface area contributed by atoms with E-state index in [1.807, 2.05) is 0 Å². The van der Waals surface area contributed by atoms with Crippen molar-refractivity contribution >= 4 is 21.8 Å². The van der Waals surface area contributed by atoms with Crippen LogP contribution in [0.15, 0.2) is 231 Å². The Kier molecular flexibility index (Phi) is 8.22. The Morgan fingerprint density at radius 3 is 1.61 bits per heavy atom. The molecular weight excluding hydrogens is 795 g/mol. The molecular formula is C65H45N. The van der Waals surface area contributed by atoms with Gasteiger partial charge in [-0.1, -0.05) is 188 Å². The minimum Gasteiger partial charge on any atom is -0.309 e. The average molecular weight is 840 g/mol. The fourth-order valence-corrected chi connectivity index (χ4v) is 12.4. The van der Waals surface area contributed by atoms with Gasteiger partial charge in [-0.05, 0) is 162 Å². The highest BCUT2D eigenvalue weighted by Gasteiger charge is 2.51. The molecule has 0 saturated heterocycles. The largest absolute Gasteiger partial charge is 0.309 e. The van der Waals surface area contributed by atoms with Crippen LogP contribution in [-0.4, -0.2) is 4.57 Å². The van der Waals surface area contributed by atoms with E-state index >= 15 is 0 Å². The van der Waals surface area contributed by atoms with E-state index in [1.54, 1.807) is 0 Å². The summed E-state index contributed by atoms with van der Waals surface area (Å²) >= 11 is 0. The van der Waals surface area contributed by atoms with E-state index in [1.165, 1.54) is 122 Å². The Hall–Kier alpha value is -8.00. The van der Waals surface area contributed by atoms with Gasteiger partial charge in [0, 0.05) is 16.5 Å². The standard InChI is InChI=1S/C65H45N/c1-4-16-42(17-5-1)36-48-31-29-45-28-30-46(43-18-6-2-7-19-43)37-54(45)55-39-49(33-34-50(48)55)66-63-35-32-47(44-20-8-3-9-21-44)38-57(63)58-40-56-53-24-12-15-27-61(53)65(62(56)41-64(58)66)59-25-13-10-22-51(59)52-23-11-14-26-60(52)65/h1-28,30,32-35,37-41,48H,29,31,36H2. The van der Waals surface area contributed by atoms with Crippen molar-refractivity contribution in [1.29, 1.82) is 0 Å². The molecule has 1 spiro atoms. The zero-order valence-corrected chi connectivity index (χ0v) is 36.6. The summed E-state index contributed by atoms with van der Waals surface area (Å²) in [5.41, 5.74) is 25.9. The van der Waals surface area contributed by atoms with Crippen LogP contribution in [0.25, 0.3) is 83.1 Å². The Bertz CT molecular complexity index is 3680. The molecule has 66 heavy (non-hydrogen) atoms. The van der Waals surface area contributed by atoms with Crippen LogP contribution in [0.5, 0.6) is 0 Å². The van der Waals surface area contributed by atoms with Crippen molar-refractivity contribution < 1.29 is 0 Å². The Morgan fingerprint density at radius 1 is 0.379 bits per heavy atom. The molecule has 310 valence electrons. The molecule has 3 aliphatic rings. The third-order valence-electron chi connectivity index (χ3n) is 15.3. The molecule has 0 amide bonds. The van der Waals surface area contributed by atoms with Gasteiger partial charge < -0.3 is 4.57 Å². The Labute approximate surface area is 385 Å². The van der Waals surface area contributed by atoms with Gasteiger partial charge in [-0.25, -0.2) is 0 Å². The van der Waals surface area contributed by atoms with Gasteiger partial charge in [-0.2, -0.15) is 0 Å². The monoisotopic (exact) mass is 839 g/mol. The maximum Gasteiger partial charge on any atom is 0.0726 e. The van der Waals surface area contributed by atoms with Crippen LogP contribution in [0.3, 0.4) is 0 Å². The first kappa shape index (κ1) is 37.4. The number of hydrogen-bond donors (Lipinski definition) is 0. The fraction of sp³-hybridized carbons (Fsp3) is 0.0769. The molecule has 0 N–H and O–H groups in total. The summed E-state index contributed by atoms with van der Waals surface area (Å²) in [6, 6.07) is 87.2. The highest BCUT2D eigenvalue weighted by Crippen LogP contribution is 2.63. The van der Waals surface area contributed by atoms with Crippen molar-refractivity contribution in [3.63, 3.8) is 0 Å². The Morgan fingerprint density at radius 2 is 0.939 bits per heavy atom. The molecule has 11 aromatic rings. The van der Waals surface area contributed by atoms with E-state index in [-0.39, 0.29) is 0 Å². The van der Waals surface area contributed by atoms with Crippen molar-refractivity contribution in [2.45, 2.75) is 30.6 Å². The first-order chi connectivity index (χ1) is 32.7. The topological polar surface area (TPSA) is 4.93 Å². The first-order valence-electron chi connectivity index (χ1n) is 23.6. The summed E-state index contributed by atoms with van der Waals surface area (Å²) in [4.78, 5) is 0. The van der Waals surface area contributed by atoms with Gasteiger partial charge in [-0.3, -0.25) is 0 Å². The van der Waals surface area contributed by atoms with E-state index in [9.17, 15) is 0 Å². The number of aromatic nitrogens is 1. The van der Waals surface area contributed by atoms with Gasteiger partial charge >= 0.3 is 0 Å². The Balaban J connectivity index is 1.06. The van der Waals surface area contributed by atoms with Crippen molar-refractivity contribution in [3.8, 4) is 61.3 Å². The normalized spacial score (nSPS) is 14.9. The second-order valence-electron chi connectivity index (χ2n) is 18.7. The molecule has 1 atom stereocenters. The first-order valence-corrected chi connectivity index (χ1v) is 23.6. The zero-order valence-electron chi connectivity index (χ0n) is 36.6. The summed E-state index contributed by atoms with van der Waals surface area (Å²) in [5.74, 6) is 0.389. The number of fused-ring (bicyclic) bond motifs is 16. The maximum atomic E-state index is 2.58. The number of rotatable bonds is 5. The average Bonchev–Trinajstić information content (AvgIpc) is 3.94. The minimum absolute atomic E-state index is 0.389. The van der Waals surface area contributed by atoms with Crippen molar-refractivity contribution in [1.82, 2.24) is 4.57 Å². The molecule has 0 fully saturated rings. The molecule has 1 heterocycles. The van der Waals surface area contributed by atoms with Gasteiger partial charge in [0.05, 0.1) is 16.4 Å². The second kappa shape index (κ2) is 14.5. The molecule has 1 nitrogen and oxygen atoms in total. The van der Waals surface area contributed by atoms with Crippen LogP contribution in [0.2, 0.25) is 0 Å². The molecule has 10 aromatic carbocycles. The van der Waals surface area contributed by atoms with Gasteiger partial charge in [0.2, 0.25) is 0 Å². The van der Waals surface area contributed by atoms with Crippen LogP contribution >= 0.6 is 0 Å². The molecule has 1 aromatic heterocycles. The molecule has 0 aliphatic heterocycles. The molecule has 0 bridgehead atoms. The van der Waals surface area contributed by atoms with E-state index in [0.717, 1.165) is 19.3 Å². The molecule has 0 saturated carbocycles. The predicted molar refractivity (Wildman–Crippen MR) is 275 cm³/mol. The van der Waals surface area contributed by atoms with Crippen molar-refractivity contribution in [2.24, 2.45) is 0 Å². The SMILES string of the molecule is c1ccc(CC2CCc3ccc(-c4ccccc4)cc3-c3cc(-n4c5ccc(-c6ccccc6)cc5c5cc6c(cc54)C4(c5ccccc5-c5ccccc54)c4ccccc4-6)ccc32)cc1. The summed E-state index contributed by atoms with van der Waals surface area (Å²) in [6.45, 7) is 0. The number of aryl methyl sites for hydroxylation is 1. The van der Waals surface area contributed by atoms with E-state index in [4.69, 9.17) is 0 Å². The lowest BCUT2D eigenvalue weighted by molar-refractivity contribution is 0.629. The number of nitrogens with zero attached hydrogens (tertiary/aromatic N) is 1. The molecule has 1 heteroatoms. The lowest BCUT2D eigenvalue weighted by Gasteiger charge is -2.30. The minimum atomic E-state index is -0.436. The van der Waals surface area contributed by atoms with Gasteiger partial charge in [0.25, 0.3) is 0 Å². The van der Waals surface area contributed by atoms with Crippen LogP contribution in [0.4, 0.5) is 0 Å². The molecule has 3 aliphatic carbocycles. The fourth-order valence-electron chi connectivity index (χ4n) is 12.4. The van der Waals surface area contributed by atoms with Crippen LogP contribution in [-0.2, 0) is 18.3 Å². The maximum absolute atomic E-state index is 2.58. The lowest BCUT2D eigenvalue weighted by atomic mass is 9.70. The summed E-state index contributed by atoms with van der Waals surface area (Å²) in [6.07, 6.45) is 3.16. The van der Waals surface area contributed by atoms with E-state index in [2.05, 4.69) is 235 Å². The molecule has 14 rings (SSSR count). The van der Waals surface area contributed by atoms with Crippen LogP contribution < -0.4 is 0 Å². The van der Waals surface area contributed by atoms with Crippen LogP contribution in [0.1, 0.15) is 51.3 Å². The summed E-state index contributed by atoms with van der Waals surface area (Å²) in [5, 5.41) is 2.54. The van der Waals surface area contributed by atoms with Gasteiger partial charge in [0.15, 0.2) is 0 Å². The highest BCUT2D eigenvalue weighted by atomic mass is 15.0. The second-order valence-corrected chi connectivity index (χ2v) is 18.7. The summed E-state index contributed by atoms with van der Waals surface area (Å²) in [7, 11) is 0. The third-order valence-corrected chi connectivity index (χ3v) is 15.3. The van der Waals surface area contributed by atoms with E-state index in [0.29, 0.717) is 5.92 Å². The summed E-state index contributed by atoms with van der Waals surface area (Å²) < 4.78 is 2.58. The third kappa shape index (κ3) is 5.41. The molecule has 1 unspecified atom stereocenters. The molecule has 0 radical (unpaired) electrons. The van der Waals surface area contributed by atoms with Crippen molar-refractivity contribution in [3.05, 3.63) is 269 Å². The smallest absolute Gasteiger partial charge is 0.0726 e. The predicted octanol–water partition coefficient (Wildman–Crippen LogP) is 16.4. The quantitative estimate of drug-likeness (QED) is 0.163. The van der Waals surface area contributed by atoms with Gasteiger partial charge in [0.1, 0.15) is 0 Å². The van der Waals surface area contributed by atoms with Gasteiger partial charge in [-0.15, -0.1) is 0 Å².